The number of nitrogens with zero attached hydrogens (tertiary/aromatic N) is 1. The molecule has 0 aromatic heterocycles. The number of ether oxygens (including phenoxy) is 3. The minimum atomic E-state index is -0.225. The molecule has 0 unspecified atom stereocenters. The van der Waals surface area contributed by atoms with Crippen LogP contribution in [0.25, 0.3) is 6.08 Å². The molecule has 1 N–H and O–H groups in total. The fourth-order valence-electron chi connectivity index (χ4n) is 3.28. The van der Waals surface area contributed by atoms with Gasteiger partial charge in [0.1, 0.15) is 12.4 Å². The Kier molecular flexibility index (Phi) is 8.85. The molecule has 0 bridgehead atoms. The van der Waals surface area contributed by atoms with E-state index in [2.05, 4.69) is 26.2 Å². The van der Waals surface area contributed by atoms with Crippen molar-refractivity contribution < 1.29 is 19.0 Å². The fourth-order valence-corrected chi connectivity index (χ4v) is 5.16. The van der Waals surface area contributed by atoms with Crippen molar-refractivity contribution in [1.82, 2.24) is 5.32 Å². The fraction of sp³-hybridized carbons (Fsp3) is 0.154. The molecule has 1 aliphatic rings. The Bertz CT molecular complexity index is 1350. The van der Waals surface area contributed by atoms with Gasteiger partial charge in [-0.25, -0.2) is 4.99 Å². The van der Waals surface area contributed by atoms with Crippen molar-refractivity contribution in [2.45, 2.75) is 13.5 Å². The summed E-state index contributed by atoms with van der Waals surface area (Å²) < 4.78 is 17.7. The van der Waals surface area contributed by atoms with E-state index in [1.54, 1.807) is 31.4 Å². The summed E-state index contributed by atoms with van der Waals surface area (Å²) in [5.74, 6) is 1.57. The van der Waals surface area contributed by atoms with Crippen molar-refractivity contribution in [2.75, 3.05) is 13.7 Å². The normalized spacial score (nSPS) is 15.3. The Morgan fingerprint density at radius 3 is 2.56 bits per heavy atom. The smallest absolute Gasteiger partial charge is 0.264 e. The number of amidine groups is 1. The molecule has 0 saturated carbocycles. The second-order valence-corrected chi connectivity index (χ2v) is 10.2. The van der Waals surface area contributed by atoms with E-state index in [1.165, 1.54) is 11.8 Å². The summed E-state index contributed by atoms with van der Waals surface area (Å²) in [6.07, 6.45) is 1.77. The zero-order chi connectivity index (χ0) is 25.7. The third-order valence-corrected chi connectivity index (χ3v) is 7.05. The molecule has 186 valence electrons. The van der Waals surface area contributed by atoms with Crippen LogP contribution in [0.3, 0.4) is 0 Å². The van der Waals surface area contributed by atoms with E-state index in [0.29, 0.717) is 48.4 Å². The highest BCUT2D eigenvalue weighted by Gasteiger charge is 2.24. The zero-order valence-electron chi connectivity index (χ0n) is 19.3. The highest BCUT2D eigenvalue weighted by atomic mass is 79.9. The number of thioether (sulfide) groups is 1. The van der Waals surface area contributed by atoms with Gasteiger partial charge in [0, 0.05) is 15.6 Å². The van der Waals surface area contributed by atoms with Gasteiger partial charge in [-0.3, -0.25) is 4.79 Å². The third kappa shape index (κ3) is 6.56. The maximum Gasteiger partial charge on any atom is 0.264 e. The summed E-state index contributed by atoms with van der Waals surface area (Å²) in [5, 5.41) is 4.38. The molecule has 0 aliphatic carbocycles. The van der Waals surface area contributed by atoms with Crippen LogP contribution in [0.4, 0.5) is 5.69 Å². The van der Waals surface area contributed by atoms with Gasteiger partial charge >= 0.3 is 0 Å². The Balaban J connectivity index is 1.50. The number of aliphatic imine (C=N–C) groups is 1. The van der Waals surface area contributed by atoms with Crippen LogP contribution >= 0.6 is 50.9 Å². The van der Waals surface area contributed by atoms with Crippen LogP contribution in [0, 0.1) is 0 Å². The number of methoxy groups -OCH3 is 1. The van der Waals surface area contributed by atoms with Crippen molar-refractivity contribution in [3.63, 3.8) is 0 Å². The molecule has 1 amide bonds. The van der Waals surface area contributed by atoms with Gasteiger partial charge in [0.2, 0.25) is 0 Å². The highest BCUT2D eigenvalue weighted by Crippen LogP contribution is 2.39. The van der Waals surface area contributed by atoms with Crippen LogP contribution in [-0.2, 0) is 11.4 Å². The number of nitrogens with one attached hydrogen (secondary N) is 1. The van der Waals surface area contributed by atoms with Gasteiger partial charge in [0.05, 0.1) is 28.8 Å². The number of rotatable bonds is 8. The Labute approximate surface area is 231 Å². The molecule has 6 nitrogen and oxygen atoms in total. The molecule has 0 atom stereocenters. The van der Waals surface area contributed by atoms with Gasteiger partial charge in [-0.1, -0.05) is 29.3 Å². The highest BCUT2D eigenvalue weighted by molar-refractivity contribution is 9.10. The minimum Gasteiger partial charge on any atom is -0.494 e. The lowest BCUT2D eigenvalue weighted by Crippen LogP contribution is -2.19. The Hall–Kier alpha value is -2.65. The molecule has 1 saturated heterocycles. The molecule has 3 aromatic carbocycles. The van der Waals surface area contributed by atoms with E-state index >= 15 is 0 Å². The van der Waals surface area contributed by atoms with Gasteiger partial charge < -0.3 is 19.5 Å². The summed E-state index contributed by atoms with van der Waals surface area (Å²) in [4.78, 5) is 17.6. The lowest BCUT2D eigenvalue weighted by atomic mass is 10.2. The summed E-state index contributed by atoms with van der Waals surface area (Å²) in [6.45, 7) is 2.76. The number of hydrogen-bond acceptors (Lipinski definition) is 6. The van der Waals surface area contributed by atoms with E-state index in [1.807, 2.05) is 43.3 Å². The first-order valence-electron chi connectivity index (χ1n) is 10.8. The second-order valence-electron chi connectivity index (χ2n) is 7.47. The Morgan fingerprint density at radius 2 is 1.86 bits per heavy atom. The van der Waals surface area contributed by atoms with Gasteiger partial charge in [0.15, 0.2) is 16.7 Å². The lowest BCUT2D eigenvalue weighted by Gasteiger charge is -2.14. The van der Waals surface area contributed by atoms with E-state index in [9.17, 15) is 4.79 Å². The predicted octanol–water partition coefficient (Wildman–Crippen LogP) is 7.63. The molecule has 1 aliphatic heterocycles. The minimum absolute atomic E-state index is 0.225. The first-order chi connectivity index (χ1) is 17.4. The topological polar surface area (TPSA) is 69.2 Å². The van der Waals surface area contributed by atoms with E-state index in [0.717, 1.165) is 16.9 Å². The quantitative estimate of drug-likeness (QED) is 0.267. The molecule has 0 spiro atoms. The average Bonchev–Trinajstić information content (AvgIpc) is 3.18. The van der Waals surface area contributed by atoms with E-state index in [4.69, 9.17) is 37.4 Å². The van der Waals surface area contributed by atoms with Crippen LogP contribution in [0.2, 0.25) is 10.0 Å². The number of carbonyl (C=O) groups is 1. The van der Waals surface area contributed by atoms with Gasteiger partial charge in [-0.2, -0.15) is 0 Å². The lowest BCUT2D eigenvalue weighted by molar-refractivity contribution is -0.115. The number of halogens is 3. The zero-order valence-corrected chi connectivity index (χ0v) is 23.2. The molecule has 36 heavy (non-hydrogen) atoms. The van der Waals surface area contributed by atoms with Gasteiger partial charge in [-0.05, 0) is 94.8 Å². The standard InChI is InChI=1S/C26H21BrCl2N2O4S/c1-3-34-19-8-6-18(7-9-19)30-26-31-25(32)23(36-26)12-15-10-20(27)24(22(11-15)33-2)35-14-16-4-5-17(28)13-21(16)29/h4-13H,3,14H2,1-2H3,(H,30,31,32)/b23-12+. The summed E-state index contributed by atoms with van der Waals surface area (Å²) in [6, 6.07) is 16.2. The Morgan fingerprint density at radius 1 is 1.08 bits per heavy atom. The maximum atomic E-state index is 12.5. The van der Waals surface area contributed by atoms with Crippen LogP contribution < -0.4 is 19.5 Å². The van der Waals surface area contributed by atoms with Crippen LogP contribution in [-0.4, -0.2) is 24.8 Å². The molecule has 1 fully saturated rings. The first kappa shape index (κ1) is 26.4. The maximum absolute atomic E-state index is 12.5. The SMILES string of the molecule is CCOc1ccc(N=C2NC(=O)/C(=C\c3cc(Br)c(OCc4ccc(Cl)cc4Cl)c(OC)c3)S2)cc1. The first-order valence-corrected chi connectivity index (χ1v) is 13.2. The van der Waals surface area contributed by atoms with Crippen molar-refractivity contribution >= 4 is 73.7 Å². The largest absolute Gasteiger partial charge is 0.494 e. The molecular formula is C26H21BrCl2N2O4S. The number of amides is 1. The third-order valence-electron chi connectivity index (χ3n) is 4.97. The van der Waals surface area contributed by atoms with E-state index in [-0.39, 0.29) is 12.5 Å². The average molecular weight is 608 g/mol. The van der Waals surface area contributed by atoms with E-state index < -0.39 is 0 Å². The van der Waals surface area contributed by atoms with Crippen molar-refractivity contribution in [2.24, 2.45) is 4.99 Å². The second kappa shape index (κ2) is 12.1. The van der Waals surface area contributed by atoms with Crippen molar-refractivity contribution in [3.05, 3.63) is 85.1 Å². The van der Waals surface area contributed by atoms with Gasteiger partial charge in [-0.15, -0.1) is 0 Å². The predicted molar refractivity (Wildman–Crippen MR) is 150 cm³/mol. The van der Waals surface area contributed by atoms with Crippen molar-refractivity contribution in [1.29, 1.82) is 0 Å². The van der Waals surface area contributed by atoms with Gasteiger partial charge in [0.25, 0.3) is 5.91 Å². The molecule has 10 heteroatoms. The molecule has 1 heterocycles. The van der Waals surface area contributed by atoms with Crippen molar-refractivity contribution in [3.8, 4) is 17.2 Å². The summed E-state index contributed by atoms with van der Waals surface area (Å²) in [5.41, 5.74) is 2.27. The van der Waals surface area contributed by atoms with Crippen LogP contribution in [0.15, 0.2) is 69.0 Å². The molecular weight excluding hydrogens is 587 g/mol. The number of benzene rings is 3. The van der Waals surface area contributed by atoms with Crippen LogP contribution in [0.1, 0.15) is 18.1 Å². The summed E-state index contributed by atoms with van der Waals surface area (Å²) in [7, 11) is 1.55. The number of hydrogen-bond donors (Lipinski definition) is 1. The summed E-state index contributed by atoms with van der Waals surface area (Å²) >= 11 is 17.0. The van der Waals surface area contributed by atoms with Crippen LogP contribution in [0.5, 0.6) is 17.2 Å². The number of carbonyl (C=O) groups excluding carboxylic acids is 1. The molecule has 3 aromatic rings. The molecule has 4 rings (SSSR count). The monoisotopic (exact) mass is 606 g/mol. The molecule has 0 radical (unpaired) electrons.